The summed E-state index contributed by atoms with van der Waals surface area (Å²) in [6.07, 6.45) is 1.81. The number of nitrogens with zero attached hydrogens (tertiary/aromatic N) is 1. The Hall–Kier alpha value is -2.23. The standard InChI is InChI=1S/C9H7N.C6H6.C4H10N2/c1-2-6-9-8(4-1)5-3-7-10-9;1-2-4-6-5-3-1;1-2-6-4-3-5-1/h1-7H;1-6H;5-6H,1-4H2. The number of rotatable bonds is 0. The molecule has 0 radical (unpaired) electrons. The molecular formula is C19H23N3. The fraction of sp³-hybridized carbons (Fsp3) is 0.211. The monoisotopic (exact) mass is 293 g/mol. The van der Waals surface area contributed by atoms with Crippen molar-refractivity contribution in [2.24, 2.45) is 0 Å². The highest BCUT2D eigenvalue weighted by molar-refractivity contribution is 5.77. The van der Waals surface area contributed by atoms with Crippen molar-refractivity contribution in [1.29, 1.82) is 0 Å². The Morgan fingerprint density at radius 2 is 1.09 bits per heavy atom. The second-order valence-corrected chi connectivity index (χ2v) is 4.85. The number of benzene rings is 2. The van der Waals surface area contributed by atoms with Crippen molar-refractivity contribution in [2.45, 2.75) is 0 Å². The van der Waals surface area contributed by atoms with E-state index in [0.29, 0.717) is 0 Å². The summed E-state index contributed by atoms with van der Waals surface area (Å²) < 4.78 is 0. The van der Waals surface area contributed by atoms with Crippen LogP contribution in [-0.4, -0.2) is 31.2 Å². The topological polar surface area (TPSA) is 37.0 Å². The minimum Gasteiger partial charge on any atom is -0.314 e. The zero-order valence-electron chi connectivity index (χ0n) is 12.8. The van der Waals surface area contributed by atoms with Crippen LogP contribution < -0.4 is 10.6 Å². The molecule has 3 heteroatoms. The lowest BCUT2D eigenvalue weighted by atomic mass is 10.2. The Kier molecular flexibility index (Phi) is 7.70. The highest BCUT2D eigenvalue weighted by Crippen LogP contribution is 2.07. The minimum absolute atomic E-state index is 1.06. The summed E-state index contributed by atoms with van der Waals surface area (Å²) in [5.41, 5.74) is 1.06. The first-order valence-electron chi connectivity index (χ1n) is 7.68. The number of hydrogen-bond donors (Lipinski definition) is 2. The largest absolute Gasteiger partial charge is 0.314 e. The molecule has 2 heterocycles. The zero-order valence-corrected chi connectivity index (χ0v) is 12.8. The highest BCUT2D eigenvalue weighted by atomic mass is 15.0. The molecule has 0 saturated carbocycles. The predicted molar refractivity (Wildman–Crippen MR) is 93.9 cm³/mol. The van der Waals surface area contributed by atoms with E-state index in [4.69, 9.17) is 0 Å². The number of piperazine rings is 1. The van der Waals surface area contributed by atoms with Crippen molar-refractivity contribution in [3.8, 4) is 0 Å². The SMILES string of the molecule is C1CNCCN1.c1ccc2ncccc2c1.c1ccccc1. The fourth-order valence-electron chi connectivity index (χ4n) is 2.00. The van der Waals surface area contributed by atoms with Crippen molar-refractivity contribution in [3.05, 3.63) is 79.0 Å². The van der Waals surface area contributed by atoms with Gasteiger partial charge in [-0.3, -0.25) is 4.98 Å². The predicted octanol–water partition coefficient (Wildman–Crippen LogP) is 3.10. The number of hydrogen-bond acceptors (Lipinski definition) is 3. The van der Waals surface area contributed by atoms with Crippen molar-refractivity contribution >= 4 is 10.9 Å². The maximum absolute atomic E-state index is 4.18. The van der Waals surface area contributed by atoms with E-state index in [0.717, 1.165) is 31.7 Å². The zero-order chi connectivity index (χ0) is 15.3. The van der Waals surface area contributed by atoms with Gasteiger partial charge in [-0.1, -0.05) is 60.7 Å². The van der Waals surface area contributed by atoms with E-state index in [-0.39, 0.29) is 0 Å². The molecule has 0 atom stereocenters. The molecule has 4 rings (SSSR count). The van der Waals surface area contributed by atoms with Crippen molar-refractivity contribution < 1.29 is 0 Å². The Morgan fingerprint density at radius 3 is 1.59 bits per heavy atom. The van der Waals surface area contributed by atoms with Crippen molar-refractivity contribution in [1.82, 2.24) is 15.6 Å². The molecule has 0 spiro atoms. The Balaban J connectivity index is 0.000000128. The number of nitrogens with one attached hydrogen (secondary N) is 2. The molecule has 3 nitrogen and oxygen atoms in total. The average Bonchev–Trinajstić information content (AvgIpc) is 2.66. The average molecular weight is 293 g/mol. The van der Waals surface area contributed by atoms with E-state index >= 15 is 0 Å². The van der Waals surface area contributed by atoms with Crippen LogP contribution in [0.4, 0.5) is 0 Å². The van der Waals surface area contributed by atoms with Crippen LogP contribution in [0.2, 0.25) is 0 Å². The van der Waals surface area contributed by atoms with E-state index in [1.807, 2.05) is 66.9 Å². The van der Waals surface area contributed by atoms with Crippen LogP contribution in [0.1, 0.15) is 0 Å². The minimum atomic E-state index is 1.06. The molecule has 1 saturated heterocycles. The van der Waals surface area contributed by atoms with E-state index in [1.165, 1.54) is 5.39 Å². The first-order chi connectivity index (χ1) is 11.0. The molecule has 2 N–H and O–H groups in total. The quantitative estimate of drug-likeness (QED) is 0.669. The van der Waals surface area contributed by atoms with Crippen LogP contribution in [-0.2, 0) is 0 Å². The molecule has 0 bridgehead atoms. The highest BCUT2D eigenvalue weighted by Gasteiger charge is 1.91. The third kappa shape index (κ3) is 6.48. The molecular weight excluding hydrogens is 270 g/mol. The lowest BCUT2D eigenvalue weighted by Crippen LogP contribution is -2.39. The van der Waals surface area contributed by atoms with Gasteiger partial charge in [0.25, 0.3) is 0 Å². The summed E-state index contributed by atoms with van der Waals surface area (Å²) in [6, 6.07) is 24.1. The van der Waals surface area contributed by atoms with Gasteiger partial charge in [-0.15, -0.1) is 0 Å². The molecule has 1 aromatic heterocycles. The third-order valence-corrected chi connectivity index (χ3v) is 3.14. The molecule has 3 aromatic rings. The summed E-state index contributed by atoms with van der Waals surface area (Å²) >= 11 is 0. The number of para-hydroxylation sites is 1. The lowest BCUT2D eigenvalue weighted by molar-refractivity contribution is 0.534. The summed E-state index contributed by atoms with van der Waals surface area (Å²) in [5, 5.41) is 7.64. The van der Waals surface area contributed by atoms with Gasteiger partial charge in [-0.25, -0.2) is 0 Å². The second kappa shape index (κ2) is 10.5. The van der Waals surface area contributed by atoms with Crippen LogP contribution in [0, 0.1) is 0 Å². The molecule has 0 aliphatic carbocycles. The smallest absolute Gasteiger partial charge is 0.0701 e. The number of pyridine rings is 1. The van der Waals surface area contributed by atoms with Crippen molar-refractivity contribution in [2.75, 3.05) is 26.2 Å². The number of aromatic nitrogens is 1. The van der Waals surface area contributed by atoms with Crippen LogP contribution in [0.25, 0.3) is 10.9 Å². The van der Waals surface area contributed by atoms with E-state index in [2.05, 4.69) is 27.8 Å². The van der Waals surface area contributed by atoms with Gasteiger partial charge in [0.1, 0.15) is 0 Å². The lowest BCUT2D eigenvalue weighted by Gasteiger charge is -2.11. The molecule has 0 amide bonds. The van der Waals surface area contributed by atoms with E-state index in [9.17, 15) is 0 Å². The Bertz CT molecular complexity index is 518. The first kappa shape index (κ1) is 16.1. The first-order valence-corrected chi connectivity index (χ1v) is 7.68. The molecule has 22 heavy (non-hydrogen) atoms. The van der Waals surface area contributed by atoms with Crippen LogP contribution in [0.3, 0.4) is 0 Å². The van der Waals surface area contributed by atoms with E-state index < -0.39 is 0 Å². The Labute approximate surface area is 132 Å². The van der Waals surface area contributed by atoms with Gasteiger partial charge in [-0.05, 0) is 12.1 Å². The molecule has 2 aromatic carbocycles. The third-order valence-electron chi connectivity index (χ3n) is 3.14. The van der Waals surface area contributed by atoms with Crippen LogP contribution in [0.5, 0.6) is 0 Å². The van der Waals surface area contributed by atoms with Gasteiger partial charge in [0.05, 0.1) is 5.52 Å². The van der Waals surface area contributed by atoms with E-state index in [1.54, 1.807) is 0 Å². The molecule has 114 valence electrons. The second-order valence-electron chi connectivity index (χ2n) is 4.85. The van der Waals surface area contributed by atoms with Gasteiger partial charge in [-0.2, -0.15) is 0 Å². The van der Waals surface area contributed by atoms with Gasteiger partial charge >= 0.3 is 0 Å². The maximum atomic E-state index is 4.18. The normalized spacial score (nSPS) is 13.3. The summed E-state index contributed by atoms with van der Waals surface area (Å²) in [6.45, 7) is 4.56. The summed E-state index contributed by atoms with van der Waals surface area (Å²) in [7, 11) is 0. The maximum Gasteiger partial charge on any atom is 0.0701 e. The van der Waals surface area contributed by atoms with Gasteiger partial charge in [0.2, 0.25) is 0 Å². The molecule has 1 aliphatic heterocycles. The van der Waals surface area contributed by atoms with Crippen LogP contribution in [0.15, 0.2) is 79.0 Å². The van der Waals surface area contributed by atoms with Gasteiger partial charge < -0.3 is 10.6 Å². The Morgan fingerprint density at radius 1 is 0.591 bits per heavy atom. The van der Waals surface area contributed by atoms with Crippen LogP contribution >= 0.6 is 0 Å². The van der Waals surface area contributed by atoms with Crippen molar-refractivity contribution in [3.63, 3.8) is 0 Å². The number of fused-ring (bicyclic) bond motifs is 1. The van der Waals surface area contributed by atoms with Gasteiger partial charge in [0, 0.05) is 37.8 Å². The summed E-state index contributed by atoms with van der Waals surface area (Å²) in [5.74, 6) is 0. The fourth-order valence-corrected chi connectivity index (χ4v) is 2.00. The molecule has 1 aliphatic rings. The summed E-state index contributed by atoms with van der Waals surface area (Å²) in [4.78, 5) is 4.18. The molecule has 1 fully saturated rings. The molecule has 0 unspecified atom stereocenters. The van der Waals surface area contributed by atoms with Gasteiger partial charge in [0.15, 0.2) is 0 Å².